The summed E-state index contributed by atoms with van der Waals surface area (Å²) in [5, 5.41) is 1.37. The number of hydrogen-bond acceptors (Lipinski definition) is 1. The Hall–Kier alpha value is -2.68. The fourth-order valence-electron chi connectivity index (χ4n) is 5.51. The molecule has 0 nitrogen and oxygen atoms in total. The third-order valence-electron chi connectivity index (χ3n) is 6.54. The van der Waals surface area contributed by atoms with Gasteiger partial charge in [-0.25, -0.2) is 0 Å². The molecule has 5 aromatic rings. The molecule has 2 aliphatic carbocycles. The molecule has 4 aromatic carbocycles. The lowest BCUT2D eigenvalue weighted by Crippen LogP contribution is -2.24. The molecule has 0 saturated heterocycles. The maximum atomic E-state index is 3.76. The van der Waals surface area contributed by atoms with Crippen molar-refractivity contribution < 1.29 is 0 Å². The second kappa shape index (κ2) is 5.47. The lowest BCUT2D eigenvalue weighted by molar-refractivity contribution is 0.811. The van der Waals surface area contributed by atoms with Gasteiger partial charge in [0.2, 0.25) is 0 Å². The van der Waals surface area contributed by atoms with Gasteiger partial charge in [-0.05, 0) is 51.6 Å². The third-order valence-corrected chi connectivity index (χ3v) is 8.33. The van der Waals surface area contributed by atoms with Crippen LogP contribution in [0.2, 0.25) is 0 Å². The van der Waals surface area contributed by atoms with Crippen LogP contribution in [0.4, 0.5) is 0 Å². The van der Waals surface area contributed by atoms with Gasteiger partial charge in [-0.3, -0.25) is 0 Å². The average molecular weight is 451 g/mol. The molecule has 2 aliphatic rings. The predicted octanol–water partition coefficient (Wildman–Crippen LogP) is 8.01. The van der Waals surface area contributed by atoms with Gasteiger partial charge in [-0.15, -0.1) is 11.3 Å². The van der Waals surface area contributed by atoms with E-state index >= 15 is 0 Å². The molecule has 0 aliphatic heterocycles. The molecule has 1 aromatic heterocycles. The number of halogens is 1. The summed E-state index contributed by atoms with van der Waals surface area (Å²) in [6.07, 6.45) is 0. The highest BCUT2D eigenvalue weighted by Crippen LogP contribution is 2.65. The van der Waals surface area contributed by atoms with Gasteiger partial charge < -0.3 is 0 Å². The Kier molecular flexibility index (Phi) is 3.05. The minimum Gasteiger partial charge on any atom is -0.138 e. The summed E-state index contributed by atoms with van der Waals surface area (Å²) >= 11 is 5.71. The summed E-state index contributed by atoms with van der Waals surface area (Å²) in [6.45, 7) is 0. The highest BCUT2D eigenvalue weighted by Gasteiger charge is 2.53. The van der Waals surface area contributed by atoms with Gasteiger partial charge in [-0.1, -0.05) is 88.7 Å². The highest BCUT2D eigenvalue weighted by atomic mass is 79.9. The topological polar surface area (TPSA) is 0 Å². The van der Waals surface area contributed by atoms with Gasteiger partial charge in [0, 0.05) is 25.0 Å². The van der Waals surface area contributed by atoms with E-state index in [1.807, 2.05) is 11.3 Å². The second-order valence-corrected chi connectivity index (χ2v) is 9.80. The van der Waals surface area contributed by atoms with Gasteiger partial charge in [-0.2, -0.15) is 0 Å². The van der Waals surface area contributed by atoms with E-state index in [9.17, 15) is 0 Å². The van der Waals surface area contributed by atoms with Crippen molar-refractivity contribution in [3.05, 3.63) is 117 Å². The largest absolute Gasteiger partial charge is 0.138 e. The van der Waals surface area contributed by atoms with Crippen LogP contribution >= 0.6 is 27.3 Å². The standard InChI is InChI=1S/C27H15BrS/c28-16-13-14-18-17-7-1-4-10-21(17)27(23(18)15-16)22-11-5-2-8-19(22)25-20-9-3-6-12-24(20)29-26(25)27/h1-15H. The Morgan fingerprint density at radius 3 is 2.14 bits per heavy atom. The van der Waals surface area contributed by atoms with Crippen LogP contribution in [0.3, 0.4) is 0 Å². The number of hydrogen-bond donors (Lipinski definition) is 0. The minimum absolute atomic E-state index is 0.231. The quantitative estimate of drug-likeness (QED) is 0.219. The van der Waals surface area contributed by atoms with Crippen molar-refractivity contribution in [3.63, 3.8) is 0 Å². The van der Waals surface area contributed by atoms with Crippen LogP contribution in [0, 0.1) is 0 Å². The molecule has 7 rings (SSSR count). The lowest BCUT2D eigenvalue weighted by Gasteiger charge is -2.29. The van der Waals surface area contributed by atoms with Gasteiger partial charge >= 0.3 is 0 Å². The first-order chi connectivity index (χ1) is 14.3. The number of rotatable bonds is 0. The summed E-state index contributed by atoms with van der Waals surface area (Å²) in [4.78, 5) is 1.46. The molecule has 1 spiro atoms. The maximum absolute atomic E-state index is 3.76. The lowest BCUT2D eigenvalue weighted by atomic mass is 9.74. The van der Waals surface area contributed by atoms with Crippen molar-refractivity contribution in [1.82, 2.24) is 0 Å². The predicted molar refractivity (Wildman–Crippen MR) is 126 cm³/mol. The molecule has 0 fully saturated rings. The van der Waals surface area contributed by atoms with E-state index in [4.69, 9.17) is 0 Å². The number of thiophene rings is 1. The van der Waals surface area contributed by atoms with Gasteiger partial charge in [0.05, 0.1) is 5.41 Å². The van der Waals surface area contributed by atoms with Crippen LogP contribution in [0.1, 0.15) is 21.6 Å². The van der Waals surface area contributed by atoms with E-state index in [1.54, 1.807) is 0 Å². The number of fused-ring (bicyclic) bond motifs is 12. The first-order valence-corrected chi connectivity index (χ1v) is 11.4. The Bertz CT molecular complexity index is 1480. The summed E-state index contributed by atoms with van der Waals surface area (Å²) in [5.74, 6) is 0. The van der Waals surface area contributed by atoms with E-state index in [2.05, 4.69) is 107 Å². The fourth-order valence-corrected chi connectivity index (χ4v) is 7.33. The second-order valence-electron chi connectivity index (χ2n) is 7.83. The first kappa shape index (κ1) is 16.2. The molecule has 1 heterocycles. The molecule has 1 atom stereocenters. The van der Waals surface area contributed by atoms with Crippen LogP contribution in [0.5, 0.6) is 0 Å². The Morgan fingerprint density at radius 2 is 1.28 bits per heavy atom. The number of benzene rings is 4. The summed E-state index contributed by atoms with van der Waals surface area (Å²) in [7, 11) is 0. The molecule has 1 unspecified atom stereocenters. The minimum atomic E-state index is -0.231. The van der Waals surface area contributed by atoms with Crippen molar-refractivity contribution >= 4 is 37.4 Å². The van der Waals surface area contributed by atoms with E-state index < -0.39 is 0 Å². The summed E-state index contributed by atoms with van der Waals surface area (Å²) in [6, 6.07) is 33.6. The van der Waals surface area contributed by atoms with Crippen molar-refractivity contribution in [2.75, 3.05) is 0 Å². The van der Waals surface area contributed by atoms with E-state index in [-0.39, 0.29) is 5.41 Å². The molecule has 0 N–H and O–H groups in total. The zero-order valence-electron chi connectivity index (χ0n) is 15.4. The molecule has 0 amide bonds. The van der Waals surface area contributed by atoms with Crippen molar-refractivity contribution in [2.24, 2.45) is 0 Å². The van der Waals surface area contributed by atoms with Gasteiger partial charge in [0.25, 0.3) is 0 Å². The fraction of sp³-hybridized carbons (Fsp3) is 0.0370. The molecule has 136 valence electrons. The van der Waals surface area contributed by atoms with Crippen LogP contribution < -0.4 is 0 Å². The first-order valence-electron chi connectivity index (χ1n) is 9.82. The van der Waals surface area contributed by atoms with E-state index in [0.29, 0.717) is 0 Å². The van der Waals surface area contributed by atoms with Crippen molar-refractivity contribution in [2.45, 2.75) is 5.41 Å². The Labute approximate surface area is 181 Å². The van der Waals surface area contributed by atoms with E-state index in [0.717, 1.165) is 4.47 Å². The van der Waals surface area contributed by atoms with Gasteiger partial charge in [0.1, 0.15) is 0 Å². The highest BCUT2D eigenvalue weighted by molar-refractivity contribution is 9.10. The summed E-state index contributed by atoms with van der Waals surface area (Å²) < 4.78 is 2.50. The van der Waals surface area contributed by atoms with Crippen LogP contribution in [-0.2, 0) is 5.41 Å². The molecular formula is C27H15BrS. The molecule has 0 radical (unpaired) electrons. The van der Waals surface area contributed by atoms with Crippen LogP contribution in [0.15, 0.2) is 95.5 Å². The van der Waals surface area contributed by atoms with Gasteiger partial charge in [0.15, 0.2) is 0 Å². The molecule has 0 saturated carbocycles. The Morgan fingerprint density at radius 1 is 0.621 bits per heavy atom. The SMILES string of the molecule is Brc1ccc2c(c1)C1(c3ccccc3-2)c2ccccc2-c2c1sc1ccccc21. The zero-order valence-corrected chi connectivity index (χ0v) is 17.8. The zero-order chi connectivity index (χ0) is 19.2. The molecular weight excluding hydrogens is 436 g/mol. The normalized spacial score (nSPS) is 18.0. The van der Waals surface area contributed by atoms with Crippen molar-refractivity contribution in [3.8, 4) is 22.3 Å². The smallest absolute Gasteiger partial charge is 0.0819 e. The van der Waals surface area contributed by atoms with Crippen LogP contribution in [0.25, 0.3) is 32.3 Å². The molecule has 2 heteroatoms. The Balaban J connectivity index is 1.76. The monoisotopic (exact) mass is 450 g/mol. The average Bonchev–Trinajstić information content (AvgIpc) is 3.37. The van der Waals surface area contributed by atoms with E-state index in [1.165, 1.54) is 53.9 Å². The van der Waals surface area contributed by atoms with Crippen molar-refractivity contribution in [1.29, 1.82) is 0 Å². The van der Waals surface area contributed by atoms with Crippen LogP contribution in [-0.4, -0.2) is 0 Å². The summed E-state index contributed by atoms with van der Waals surface area (Å²) in [5.41, 5.74) is 9.49. The molecule has 0 bridgehead atoms. The third kappa shape index (κ3) is 1.81. The molecule has 29 heavy (non-hydrogen) atoms. The maximum Gasteiger partial charge on any atom is 0.0819 e.